The molecule has 0 heterocycles. The van der Waals surface area contributed by atoms with Gasteiger partial charge in [0.1, 0.15) is 12.6 Å². The lowest BCUT2D eigenvalue weighted by Gasteiger charge is -2.25. The molecule has 0 radical (unpaired) electrons. The van der Waals surface area contributed by atoms with Gasteiger partial charge in [-0.2, -0.15) is 0 Å². The second-order valence-electron chi connectivity index (χ2n) is 4.13. The van der Waals surface area contributed by atoms with E-state index < -0.39 is 23.9 Å². The standard InChI is InChI=1S/C11H21N3O4/c1-4-7(3)9(10(16)17)13-11(18)14(5-2)6-8(12)15/h7,9H,4-6H2,1-3H3,(H2,12,15)(H,13,18)(H,16,17)/t7-,9-/m0/s1. The van der Waals surface area contributed by atoms with Gasteiger partial charge in [-0.1, -0.05) is 20.3 Å². The molecule has 0 aromatic rings. The van der Waals surface area contributed by atoms with Crippen molar-refractivity contribution in [2.45, 2.75) is 33.2 Å². The summed E-state index contributed by atoms with van der Waals surface area (Å²) in [6.07, 6.45) is 0.624. The van der Waals surface area contributed by atoms with E-state index in [1.807, 2.05) is 6.92 Å². The number of carboxylic acid groups (broad SMARTS) is 1. The fourth-order valence-electron chi connectivity index (χ4n) is 1.42. The van der Waals surface area contributed by atoms with Crippen LogP contribution in [0.25, 0.3) is 0 Å². The fourth-order valence-corrected chi connectivity index (χ4v) is 1.42. The summed E-state index contributed by atoms with van der Waals surface area (Å²) < 4.78 is 0. The lowest BCUT2D eigenvalue weighted by molar-refractivity contribution is -0.140. The first-order chi connectivity index (χ1) is 8.33. The molecular weight excluding hydrogens is 238 g/mol. The summed E-state index contributed by atoms with van der Waals surface area (Å²) in [4.78, 5) is 34.8. The monoisotopic (exact) mass is 259 g/mol. The average molecular weight is 259 g/mol. The molecule has 0 aliphatic heterocycles. The van der Waals surface area contributed by atoms with Crippen LogP contribution in [0.5, 0.6) is 0 Å². The maximum Gasteiger partial charge on any atom is 0.326 e. The minimum Gasteiger partial charge on any atom is -0.480 e. The Labute approximate surface area is 106 Å². The van der Waals surface area contributed by atoms with Crippen molar-refractivity contribution in [1.82, 2.24) is 10.2 Å². The molecule has 104 valence electrons. The van der Waals surface area contributed by atoms with Crippen molar-refractivity contribution in [3.05, 3.63) is 0 Å². The van der Waals surface area contributed by atoms with Crippen LogP contribution in [0.3, 0.4) is 0 Å². The number of carboxylic acids is 1. The molecule has 2 atom stereocenters. The molecule has 0 saturated carbocycles. The third-order valence-electron chi connectivity index (χ3n) is 2.77. The van der Waals surface area contributed by atoms with E-state index in [2.05, 4.69) is 5.32 Å². The molecule has 0 spiro atoms. The van der Waals surface area contributed by atoms with Gasteiger partial charge in [-0.15, -0.1) is 0 Å². The summed E-state index contributed by atoms with van der Waals surface area (Å²) >= 11 is 0. The van der Waals surface area contributed by atoms with E-state index >= 15 is 0 Å². The van der Waals surface area contributed by atoms with Gasteiger partial charge >= 0.3 is 12.0 Å². The molecule has 0 aliphatic carbocycles. The number of urea groups is 1. The lowest BCUT2D eigenvalue weighted by atomic mass is 9.99. The van der Waals surface area contributed by atoms with Crippen LogP contribution in [-0.4, -0.2) is 47.0 Å². The molecule has 7 heteroatoms. The number of carbonyl (C=O) groups is 3. The number of nitrogens with zero attached hydrogens (tertiary/aromatic N) is 1. The van der Waals surface area contributed by atoms with Gasteiger partial charge in [0.05, 0.1) is 0 Å². The highest BCUT2D eigenvalue weighted by molar-refractivity contribution is 5.86. The maximum absolute atomic E-state index is 11.8. The van der Waals surface area contributed by atoms with Crippen molar-refractivity contribution in [2.24, 2.45) is 11.7 Å². The van der Waals surface area contributed by atoms with Crippen molar-refractivity contribution < 1.29 is 19.5 Å². The zero-order chi connectivity index (χ0) is 14.3. The molecule has 4 N–H and O–H groups in total. The fraction of sp³-hybridized carbons (Fsp3) is 0.727. The molecule has 0 unspecified atom stereocenters. The Morgan fingerprint density at radius 3 is 2.22 bits per heavy atom. The number of primary amides is 1. The Morgan fingerprint density at radius 2 is 1.89 bits per heavy atom. The second-order valence-corrected chi connectivity index (χ2v) is 4.13. The number of rotatable bonds is 7. The first kappa shape index (κ1) is 16.2. The van der Waals surface area contributed by atoms with Gasteiger partial charge in [-0.3, -0.25) is 4.79 Å². The van der Waals surface area contributed by atoms with Gasteiger partial charge in [-0.05, 0) is 12.8 Å². The minimum absolute atomic E-state index is 0.196. The van der Waals surface area contributed by atoms with Gasteiger partial charge in [0.15, 0.2) is 0 Å². The Hall–Kier alpha value is -1.79. The van der Waals surface area contributed by atoms with Crippen LogP contribution in [-0.2, 0) is 9.59 Å². The van der Waals surface area contributed by atoms with E-state index in [9.17, 15) is 14.4 Å². The van der Waals surface area contributed by atoms with Crippen LogP contribution in [0.4, 0.5) is 4.79 Å². The Kier molecular flexibility index (Phi) is 6.77. The maximum atomic E-state index is 11.8. The quantitative estimate of drug-likeness (QED) is 0.597. The normalized spacial score (nSPS) is 13.5. The van der Waals surface area contributed by atoms with E-state index in [-0.39, 0.29) is 19.0 Å². The predicted octanol–water partition coefficient (Wildman–Crippen LogP) is 0.00250. The third-order valence-corrected chi connectivity index (χ3v) is 2.77. The van der Waals surface area contributed by atoms with E-state index in [1.54, 1.807) is 13.8 Å². The molecule has 3 amide bonds. The number of hydrogen-bond donors (Lipinski definition) is 3. The van der Waals surface area contributed by atoms with E-state index in [1.165, 1.54) is 4.90 Å². The molecular formula is C11H21N3O4. The number of aliphatic carboxylic acids is 1. The number of nitrogens with two attached hydrogens (primary N) is 1. The van der Waals surface area contributed by atoms with E-state index in [0.717, 1.165) is 0 Å². The first-order valence-electron chi connectivity index (χ1n) is 5.89. The average Bonchev–Trinajstić information content (AvgIpc) is 2.30. The number of likely N-dealkylation sites (N-methyl/N-ethyl adjacent to an activating group) is 1. The summed E-state index contributed by atoms with van der Waals surface area (Å²) in [7, 11) is 0. The molecule has 0 fully saturated rings. The van der Waals surface area contributed by atoms with Crippen molar-refractivity contribution in [3.63, 3.8) is 0 Å². The number of amides is 3. The molecule has 0 aliphatic rings. The highest BCUT2D eigenvalue weighted by Gasteiger charge is 2.27. The molecule has 0 rings (SSSR count). The third kappa shape index (κ3) is 5.03. The SMILES string of the molecule is CC[C@H](C)[C@H](NC(=O)N(CC)CC(N)=O)C(=O)O. The highest BCUT2D eigenvalue weighted by atomic mass is 16.4. The lowest BCUT2D eigenvalue weighted by Crippen LogP contribution is -2.52. The number of hydrogen-bond acceptors (Lipinski definition) is 3. The minimum atomic E-state index is -1.09. The van der Waals surface area contributed by atoms with E-state index in [4.69, 9.17) is 10.8 Å². The van der Waals surface area contributed by atoms with Gasteiger partial charge in [-0.25, -0.2) is 9.59 Å². The van der Waals surface area contributed by atoms with Gasteiger partial charge in [0.25, 0.3) is 0 Å². The van der Waals surface area contributed by atoms with Crippen LogP contribution in [0.2, 0.25) is 0 Å². The zero-order valence-electron chi connectivity index (χ0n) is 11.0. The molecule has 18 heavy (non-hydrogen) atoms. The Morgan fingerprint density at radius 1 is 1.33 bits per heavy atom. The van der Waals surface area contributed by atoms with Crippen LogP contribution in [0.1, 0.15) is 27.2 Å². The largest absolute Gasteiger partial charge is 0.480 e. The molecule has 7 nitrogen and oxygen atoms in total. The van der Waals surface area contributed by atoms with Crippen LogP contribution in [0.15, 0.2) is 0 Å². The van der Waals surface area contributed by atoms with Crippen LogP contribution in [0, 0.1) is 5.92 Å². The molecule has 0 aromatic heterocycles. The first-order valence-corrected chi connectivity index (χ1v) is 5.89. The van der Waals surface area contributed by atoms with Crippen LogP contribution >= 0.6 is 0 Å². The molecule has 0 aromatic carbocycles. The van der Waals surface area contributed by atoms with Crippen molar-refractivity contribution in [1.29, 1.82) is 0 Å². The molecule has 0 saturated heterocycles. The predicted molar refractivity (Wildman–Crippen MR) is 65.9 cm³/mol. The van der Waals surface area contributed by atoms with Gasteiger partial charge < -0.3 is 21.1 Å². The summed E-state index contributed by atoms with van der Waals surface area (Å²) in [5, 5.41) is 11.4. The van der Waals surface area contributed by atoms with E-state index in [0.29, 0.717) is 6.42 Å². The van der Waals surface area contributed by atoms with Gasteiger partial charge in [0.2, 0.25) is 5.91 Å². The topological polar surface area (TPSA) is 113 Å². The summed E-state index contributed by atoms with van der Waals surface area (Å²) in [6, 6.07) is -1.56. The van der Waals surface area contributed by atoms with Crippen molar-refractivity contribution in [2.75, 3.05) is 13.1 Å². The Balaban J connectivity index is 4.66. The molecule has 0 bridgehead atoms. The highest BCUT2D eigenvalue weighted by Crippen LogP contribution is 2.08. The zero-order valence-corrected chi connectivity index (χ0v) is 11.0. The Bertz CT molecular complexity index is 319. The summed E-state index contributed by atoms with van der Waals surface area (Å²) in [5.74, 6) is -1.92. The van der Waals surface area contributed by atoms with Crippen molar-refractivity contribution in [3.8, 4) is 0 Å². The summed E-state index contributed by atoms with van der Waals surface area (Å²) in [6.45, 7) is 5.32. The summed E-state index contributed by atoms with van der Waals surface area (Å²) in [5.41, 5.74) is 5.01. The van der Waals surface area contributed by atoms with Crippen LogP contribution < -0.4 is 11.1 Å². The number of nitrogens with one attached hydrogen (secondary N) is 1. The smallest absolute Gasteiger partial charge is 0.326 e. The second kappa shape index (κ2) is 7.52. The van der Waals surface area contributed by atoms with Crippen molar-refractivity contribution >= 4 is 17.9 Å². The number of carbonyl (C=O) groups excluding carboxylic acids is 2. The van der Waals surface area contributed by atoms with Gasteiger partial charge in [0, 0.05) is 6.54 Å².